The fourth-order valence-electron chi connectivity index (χ4n) is 6.41. The van der Waals surface area contributed by atoms with Crippen molar-refractivity contribution in [1.82, 2.24) is 25.8 Å². The number of methoxy groups -OCH3 is 1. The largest absolute Gasteiger partial charge is 0.497 e. The molecule has 12 heteroatoms. The van der Waals surface area contributed by atoms with E-state index in [-0.39, 0.29) is 19.4 Å². The molecule has 0 spiro atoms. The van der Waals surface area contributed by atoms with Crippen molar-refractivity contribution in [3.8, 4) is 22.8 Å². The lowest BCUT2D eigenvalue weighted by atomic mass is 9.85. The molecular weight excluding hydrogens is 650 g/mol. The molecule has 0 bridgehead atoms. The van der Waals surface area contributed by atoms with Gasteiger partial charge in [-0.05, 0) is 44.2 Å². The molecule has 3 aromatic rings. The molecule has 1 aliphatic heterocycles. The SMILES string of the molecule is C=C[C@H]1CC1(NC(=O)[C@@H]1C[C@@H](Oc2cc(-c3ccccc3)nc3cc(OC)ccc23)CN1C(=O)[C@@H](NC(=O)NC(C)(C)CC)C(C)(C)C)C(=O)O. The van der Waals surface area contributed by atoms with Gasteiger partial charge in [0.15, 0.2) is 0 Å². The van der Waals surface area contributed by atoms with Gasteiger partial charge in [-0.25, -0.2) is 14.6 Å². The highest BCUT2D eigenvalue weighted by Crippen LogP contribution is 2.45. The third kappa shape index (κ3) is 7.95. The van der Waals surface area contributed by atoms with Crippen LogP contribution in [0.2, 0.25) is 0 Å². The van der Waals surface area contributed by atoms with E-state index in [0.717, 1.165) is 5.56 Å². The van der Waals surface area contributed by atoms with Gasteiger partial charge in [-0.3, -0.25) is 9.59 Å². The van der Waals surface area contributed by atoms with Gasteiger partial charge in [0.05, 0.1) is 24.9 Å². The lowest BCUT2D eigenvalue weighted by molar-refractivity contribution is -0.146. The van der Waals surface area contributed by atoms with Crippen molar-refractivity contribution in [3.63, 3.8) is 0 Å². The number of pyridine rings is 1. The van der Waals surface area contributed by atoms with Crippen LogP contribution in [0.1, 0.15) is 60.8 Å². The summed E-state index contributed by atoms with van der Waals surface area (Å²) in [5.41, 5.74) is -0.588. The smallest absolute Gasteiger partial charge is 0.330 e. The van der Waals surface area contributed by atoms with E-state index in [4.69, 9.17) is 14.5 Å². The minimum absolute atomic E-state index is 0.0127. The van der Waals surface area contributed by atoms with Gasteiger partial charge in [-0.2, -0.15) is 0 Å². The van der Waals surface area contributed by atoms with E-state index < -0.39 is 64.4 Å². The highest BCUT2D eigenvalue weighted by molar-refractivity contribution is 5.96. The molecule has 5 rings (SSSR count). The standard InChI is InChI=1S/C39H49N5O7/c1-9-24-21-39(24,35(47)48)42-33(45)30-19-26(22-44(30)34(46)32(37(3,4)5)41-36(49)43-38(6,7)10-2)51-31-20-28(23-14-12-11-13-15-23)40-29-18-25(50-8)16-17-27(29)31/h9,11-18,20,24,26,30,32H,1,10,19,21-22H2,2-8H3,(H,42,45)(H,47,48)(H2,41,43,49)/t24-,26+,30-,32+,39?/m0/s1. The van der Waals surface area contributed by atoms with E-state index in [1.807, 2.05) is 90.1 Å². The van der Waals surface area contributed by atoms with Gasteiger partial charge in [0.1, 0.15) is 35.2 Å². The van der Waals surface area contributed by atoms with E-state index in [1.165, 1.54) is 11.0 Å². The first-order valence-electron chi connectivity index (χ1n) is 17.3. The summed E-state index contributed by atoms with van der Waals surface area (Å²) in [4.78, 5) is 60.3. The highest BCUT2D eigenvalue weighted by Gasteiger charge is 2.61. The molecule has 1 saturated carbocycles. The number of hydrogen-bond donors (Lipinski definition) is 4. The Bertz CT molecular complexity index is 1820. The number of aliphatic carboxylic acids is 1. The fraction of sp³-hybridized carbons (Fsp3) is 0.462. The number of likely N-dealkylation sites (tertiary alicyclic amines) is 1. The number of aromatic nitrogens is 1. The average Bonchev–Trinajstić information content (AvgIpc) is 3.65. The summed E-state index contributed by atoms with van der Waals surface area (Å²) in [5.74, 6) is -1.57. The van der Waals surface area contributed by atoms with E-state index in [2.05, 4.69) is 22.5 Å². The minimum Gasteiger partial charge on any atom is -0.497 e. The lowest BCUT2D eigenvalue weighted by Gasteiger charge is -2.36. The molecule has 2 aliphatic rings. The molecule has 5 atom stereocenters. The number of ether oxygens (including phenoxy) is 2. The monoisotopic (exact) mass is 699 g/mol. The Morgan fingerprint density at radius 2 is 1.80 bits per heavy atom. The van der Waals surface area contributed by atoms with Crippen molar-refractivity contribution >= 4 is 34.7 Å². The van der Waals surface area contributed by atoms with Crippen LogP contribution in [0, 0.1) is 11.3 Å². The summed E-state index contributed by atoms with van der Waals surface area (Å²) < 4.78 is 12.1. The van der Waals surface area contributed by atoms with Crippen molar-refractivity contribution < 1.29 is 33.8 Å². The molecule has 1 unspecified atom stereocenters. The van der Waals surface area contributed by atoms with Crippen molar-refractivity contribution in [2.24, 2.45) is 11.3 Å². The Labute approximate surface area is 299 Å². The summed E-state index contributed by atoms with van der Waals surface area (Å²) in [7, 11) is 1.58. The number of carbonyl (C=O) groups excluding carboxylic acids is 3. The van der Waals surface area contributed by atoms with Crippen LogP contribution in [0.5, 0.6) is 11.5 Å². The Morgan fingerprint density at radius 3 is 2.39 bits per heavy atom. The zero-order chi connectivity index (χ0) is 37.3. The number of carbonyl (C=O) groups is 4. The number of carboxylic acids is 1. The molecule has 51 heavy (non-hydrogen) atoms. The molecule has 2 fully saturated rings. The van der Waals surface area contributed by atoms with E-state index >= 15 is 0 Å². The van der Waals surface area contributed by atoms with E-state index in [9.17, 15) is 24.3 Å². The number of carboxylic acid groups (broad SMARTS) is 1. The fourth-order valence-corrected chi connectivity index (χ4v) is 6.41. The molecule has 1 aliphatic carbocycles. The number of nitrogens with one attached hydrogen (secondary N) is 3. The van der Waals surface area contributed by atoms with Crippen LogP contribution in [0.25, 0.3) is 22.2 Å². The van der Waals surface area contributed by atoms with Gasteiger partial charge >= 0.3 is 12.0 Å². The Kier molecular flexibility index (Phi) is 10.4. The molecule has 0 radical (unpaired) electrons. The lowest BCUT2D eigenvalue weighted by Crippen LogP contribution is -2.61. The Morgan fingerprint density at radius 1 is 1.10 bits per heavy atom. The number of fused-ring (bicyclic) bond motifs is 1. The molecule has 12 nitrogen and oxygen atoms in total. The Hall–Kier alpha value is -5.13. The first-order valence-corrected chi connectivity index (χ1v) is 17.3. The molecular formula is C39H49N5O7. The molecule has 272 valence electrons. The Balaban J connectivity index is 1.50. The molecule has 1 aromatic heterocycles. The zero-order valence-electron chi connectivity index (χ0n) is 30.4. The number of rotatable bonds is 12. The molecule has 4 amide bonds. The van der Waals surface area contributed by atoms with E-state index in [1.54, 1.807) is 13.2 Å². The molecule has 4 N–H and O–H groups in total. The minimum atomic E-state index is -1.50. The maximum absolute atomic E-state index is 14.5. The second-order valence-corrected chi connectivity index (χ2v) is 15.2. The first kappa shape index (κ1) is 37.1. The van der Waals surface area contributed by atoms with Crippen molar-refractivity contribution in [2.75, 3.05) is 13.7 Å². The van der Waals surface area contributed by atoms with Crippen LogP contribution < -0.4 is 25.4 Å². The number of amides is 4. The van der Waals surface area contributed by atoms with E-state index in [0.29, 0.717) is 34.5 Å². The summed E-state index contributed by atoms with van der Waals surface area (Å²) in [5, 5.41) is 19.3. The zero-order valence-corrected chi connectivity index (χ0v) is 30.4. The van der Waals surface area contributed by atoms with Gasteiger partial charge in [-0.15, -0.1) is 6.58 Å². The van der Waals surface area contributed by atoms with Gasteiger partial charge in [-0.1, -0.05) is 64.1 Å². The maximum Gasteiger partial charge on any atom is 0.330 e. The number of hydrogen-bond acceptors (Lipinski definition) is 7. The van der Waals surface area contributed by atoms with Gasteiger partial charge < -0.3 is 35.4 Å². The predicted molar refractivity (Wildman–Crippen MR) is 194 cm³/mol. The summed E-state index contributed by atoms with van der Waals surface area (Å²) in [6.07, 6.45) is 1.80. The van der Waals surface area contributed by atoms with Crippen LogP contribution in [-0.2, 0) is 14.4 Å². The van der Waals surface area contributed by atoms with Crippen LogP contribution in [0.15, 0.2) is 67.3 Å². The summed E-state index contributed by atoms with van der Waals surface area (Å²) in [6.45, 7) is 15.0. The maximum atomic E-state index is 14.5. The van der Waals surface area contributed by atoms with Crippen molar-refractivity contribution in [1.29, 1.82) is 0 Å². The highest BCUT2D eigenvalue weighted by atomic mass is 16.5. The normalized spacial score (nSPS) is 22.1. The van der Waals surface area contributed by atoms with Crippen molar-refractivity contribution in [2.45, 2.75) is 90.1 Å². The molecule has 1 saturated heterocycles. The summed E-state index contributed by atoms with van der Waals surface area (Å²) >= 11 is 0. The van der Waals surface area contributed by atoms with Crippen LogP contribution >= 0.6 is 0 Å². The third-order valence-corrected chi connectivity index (χ3v) is 9.94. The van der Waals surface area contributed by atoms with Crippen molar-refractivity contribution in [3.05, 3.63) is 67.3 Å². The van der Waals surface area contributed by atoms with Gasteiger partial charge in [0.2, 0.25) is 11.8 Å². The van der Waals surface area contributed by atoms with Gasteiger partial charge in [0, 0.05) is 41.0 Å². The van der Waals surface area contributed by atoms with Crippen LogP contribution in [0.3, 0.4) is 0 Å². The number of benzene rings is 2. The first-order chi connectivity index (χ1) is 24.0. The van der Waals surface area contributed by atoms with Crippen LogP contribution in [0.4, 0.5) is 4.79 Å². The van der Waals surface area contributed by atoms with Crippen LogP contribution in [-0.4, -0.2) is 81.7 Å². The molecule has 2 heterocycles. The average molecular weight is 700 g/mol. The quantitative estimate of drug-likeness (QED) is 0.185. The number of nitrogens with zero attached hydrogens (tertiary/aromatic N) is 2. The second kappa shape index (κ2) is 14.2. The van der Waals surface area contributed by atoms with Gasteiger partial charge in [0.25, 0.3) is 0 Å². The predicted octanol–water partition coefficient (Wildman–Crippen LogP) is 5.31. The second-order valence-electron chi connectivity index (χ2n) is 15.2. The molecule has 2 aromatic carbocycles. The topological polar surface area (TPSA) is 159 Å². The summed E-state index contributed by atoms with van der Waals surface area (Å²) in [6, 6.07) is 14.3. The third-order valence-electron chi connectivity index (χ3n) is 9.94. The number of urea groups is 1.